The van der Waals surface area contributed by atoms with E-state index in [2.05, 4.69) is 4.98 Å². The number of fused-ring (bicyclic) bond motifs is 1. The Morgan fingerprint density at radius 3 is 2.60 bits per heavy atom. The van der Waals surface area contributed by atoms with Crippen LogP contribution in [0.5, 0.6) is 5.75 Å². The molecule has 1 aliphatic heterocycles. The van der Waals surface area contributed by atoms with Gasteiger partial charge in [-0.25, -0.2) is 4.79 Å². The molecular weight excluding hydrogens is 330 g/mol. The minimum atomic E-state index is -1.05. The lowest BCUT2D eigenvalue weighted by Gasteiger charge is -2.29. The zero-order chi connectivity index (χ0) is 18.1. The number of nitro groups is 1. The second-order valence-electron chi connectivity index (χ2n) is 5.43. The Labute approximate surface area is 141 Å². The van der Waals surface area contributed by atoms with E-state index in [-0.39, 0.29) is 29.6 Å². The summed E-state index contributed by atoms with van der Waals surface area (Å²) >= 11 is 0. The Morgan fingerprint density at radius 2 is 2.00 bits per heavy atom. The van der Waals surface area contributed by atoms with E-state index in [9.17, 15) is 19.7 Å². The van der Waals surface area contributed by atoms with Crippen LogP contribution in [0.15, 0.2) is 36.4 Å². The van der Waals surface area contributed by atoms with Gasteiger partial charge in [-0.05, 0) is 40.6 Å². The molecule has 1 atom stereocenters. The third-order valence-electron chi connectivity index (χ3n) is 3.73. The van der Waals surface area contributed by atoms with Gasteiger partial charge in [0, 0.05) is 6.07 Å². The number of hydrogen-bond acceptors (Lipinski definition) is 6. The van der Waals surface area contributed by atoms with E-state index in [1.54, 1.807) is 19.1 Å². The Bertz CT molecular complexity index is 865. The van der Waals surface area contributed by atoms with Crippen LogP contribution in [-0.2, 0) is 11.3 Å². The molecule has 1 aliphatic rings. The van der Waals surface area contributed by atoms with Crippen LogP contribution in [0.2, 0.25) is 0 Å². The van der Waals surface area contributed by atoms with Crippen molar-refractivity contribution >= 4 is 23.5 Å². The average molecular weight is 343 g/mol. The molecule has 1 aromatic heterocycles. The standard InChI is InChI=1S/C16H13N3O6/c1-9-15(20)18(8-10-2-4-11(5-3-10)16(21)22)14-12(25-9)6-7-13(17-14)19(23)24/h2-7,9H,8H2,1H3,(H,21,22). The normalized spacial score (nSPS) is 16.1. The fraction of sp³-hybridized carbons (Fsp3) is 0.188. The van der Waals surface area contributed by atoms with Gasteiger partial charge in [0.2, 0.25) is 0 Å². The number of rotatable bonds is 4. The second-order valence-corrected chi connectivity index (χ2v) is 5.43. The van der Waals surface area contributed by atoms with Gasteiger partial charge in [0.1, 0.15) is 0 Å². The second kappa shape index (κ2) is 6.19. The van der Waals surface area contributed by atoms with E-state index in [1.165, 1.54) is 29.2 Å². The molecule has 2 aromatic rings. The fourth-order valence-corrected chi connectivity index (χ4v) is 2.47. The van der Waals surface area contributed by atoms with Gasteiger partial charge in [-0.1, -0.05) is 12.1 Å². The molecule has 0 spiro atoms. The molecule has 9 nitrogen and oxygen atoms in total. The predicted octanol–water partition coefficient (Wildman–Crippen LogP) is 2.00. The molecule has 1 N–H and O–H groups in total. The molecule has 0 saturated carbocycles. The number of carbonyl (C=O) groups excluding carboxylic acids is 1. The first-order chi connectivity index (χ1) is 11.9. The molecular formula is C16H13N3O6. The number of nitrogens with zero attached hydrogens (tertiary/aromatic N) is 3. The molecule has 128 valence electrons. The third kappa shape index (κ3) is 3.11. The largest absolute Gasteiger partial charge is 0.478 e. The Hall–Kier alpha value is -3.49. The fourth-order valence-electron chi connectivity index (χ4n) is 2.47. The van der Waals surface area contributed by atoms with Gasteiger partial charge in [-0.2, -0.15) is 0 Å². The number of aromatic nitrogens is 1. The van der Waals surface area contributed by atoms with Crippen molar-refractivity contribution in [3.05, 3.63) is 57.6 Å². The average Bonchev–Trinajstić information content (AvgIpc) is 2.59. The van der Waals surface area contributed by atoms with E-state index in [0.717, 1.165) is 0 Å². The zero-order valence-electron chi connectivity index (χ0n) is 13.1. The van der Waals surface area contributed by atoms with Gasteiger partial charge >= 0.3 is 11.8 Å². The summed E-state index contributed by atoms with van der Waals surface area (Å²) in [7, 11) is 0. The van der Waals surface area contributed by atoms with E-state index in [4.69, 9.17) is 9.84 Å². The van der Waals surface area contributed by atoms with E-state index >= 15 is 0 Å². The Kier molecular flexibility index (Phi) is 4.05. The molecule has 25 heavy (non-hydrogen) atoms. The number of amides is 1. The van der Waals surface area contributed by atoms with E-state index in [1.807, 2.05) is 0 Å². The number of ether oxygens (including phenoxy) is 1. The molecule has 1 unspecified atom stereocenters. The molecule has 0 fully saturated rings. The van der Waals surface area contributed by atoms with Crippen LogP contribution in [0.25, 0.3) is 0 Å². The quantitative estimate of drug-likeness (QED) is 0.665. The number of anilines is 1. The molecule has 0 saturated heterocycles. The molecule has 2 heterocycles. The van der Waals surface area contributed by atoms with Gasteiger partial charge in [0.15, 0.2) is 11.9 Å². The van der Waals surface area contributed by atoms with Crippen molar-refractivity contribution in [1.29, 1.82) is 0 Å². The minimum absolute atomic E-state index is 0.0691. The van der Waals surface area contributed by atoms with E-state index < -0.39 is 22.8 Å². The monoisotopic (exact) mass is 343 g/mol. The van der Waals surface area contributed by atoms with Crippen molar-refractivity contribution in [2.75, 3.05) is 4.90 Å². The lowest BCUT2D eigenvalue weighted by molar-refractivity contribution is -0.389. The molecule has 0 aliphatic carbocycles. The lowest BCUT2D eigenvalue weighted by atomic mass is 10.1. The van der Waals surface area contributed by atoms with Gasteiger partial charge in [-0.3, -0.25) is 9.69 Å². The topological polar surface area (TPSA) is 123 Å². The van der Waals surface area contributed by atoms with Crippen molar-refractivity contribution in [3.63, 3.8) is 0 Å². The highest BCUT2D eigenvalue weighted by Crippen LogP contribution is 2.34. The number of aromatic carboxylic acids is 1. The summed E-state index contributed by atoms with van der Waals surface area (Å²) in [5.74, 6) is -1.48. The SMILES string of the molecule is CC1Oc2ccc([N+](=O)[O-])nc2N(Cc2ccc(C(=O)O)cc2)C1=O. The summed E-state index contributed by atoms with van der Waals surface area (Å²) < 4.78 is 5.44. The van der Waals surface area contributed by atoms with Crippen LogP contribution in [0.3, 0.4) is 0 Å². The summed E-state index contributed by atoms with van der Waals surface area (Å²) in [6.45, 7) is 1.67. The first-order valence-corrected chi connectivity index (χ1v) is 7.32. The van der Waals surface area contributed by atoms with Gasteiger partial charge in [-0.15, -0.1) is 0 Å². The molecule has 0 radical (unpaired) electrons. The first-order valence-electron chi connectivity index (χ1n) is 7.32. The van der Waals surface area contributed by atoms with Crippen molar-refractivity contribution in [2.45, 2.75) is 19.6 Å². The molecule has 3 rings (SSSR count). The third-order valence-corrected chi connectivity index (χ3v) is 3.73. The first kappa shape index (κ1) is 16.4. The lowest BCUT2D eigenvalue weighted by Crippen LogP contribution is -2.44. The summed E-state index contributed by atoms with van der Waals surface area (Å²) in [6, 6.07) is 8.62. The Morgan fingerprint density at radius 1 is 1.32 bits per heavy atom. The summed E-state index contributed by atoms with van der Waals surface area (Å²) in [5, 5.41) is 19.9. The predicted molar refractivity (Wildman–Crippen MR) is 85.6 cm³/mol. The van der Waals surface area contributed by atoms with Crippen LogP contribution in [-0.4, -0.2) is 33.0 Å². The molecule has 9 heteroatoms. The number of benzene rings is 1. The van der Waals surface area contributed by atoms with Crippen LogP contribution in [0.4, 0.5) is 11.6 Å². The molecule has 1 aromatic carbocycles. The molecule has 0 bridgehead atoms. The van der Waals surface area contributed by atoms with Crippen molar-refractivity contribution < 1.29 is 24.4 Å². The Balaban J connectivity index is 1.97. The number of carboxylic acid groups (broad SMARTS) is 1. The number of hydrogen-bond donors (Lipinski definition) is 1. The maximum Gasteiger partial charge on any atom is 0.366 e. The summed E-state index contributed by atoms with van der Waals surface area (Å²) in [4.78, 5) is 38.9. The van der Waals surface area contributed by atoms with Crippen LogP contribution in [0.1, 0.15) is 22.8 Å². The van der Waals surface area contributed by atoms with Crippen LogP contribution >= 0.6 is 0 Å². The number of carbonyl (C=O) groups is 2. The number of carboxylic acids is 1. The smallest absolute Gasteiger partial charge is 0.366 e. The summed E-state index contributed by atoms with van der Waals surface area (Å²) in [5.41, 5.74) is 0.784. The number of pyridine rings is 1. The van der Waals surface area contributed by atoms with Gasteiger partial charge in [0.05, 0.1) is 12.1 Å². The van der Waals surface area contributed by atoms with Crippen molar-refractivity contribution in [1.82, 2.24) is 4.98 Å². The highest BCUT2D eigenvalue weighted by atomic mass is 16.6. The highest BCUT2D eigenvalue weighted by Gasteiger charge is 2.36. The van der Waals surface area contributed by atoms with Gasteiger partial charge < -0.3 is 20.0 Å². The van der Waals surface area contributed by atoms with Crippen molar-refractivity contribution in [3.8, 4) is 5.75 Å². The maximum atomic E-state index is 12.4. The van der Waals surface area contributed by atoms with Crippen LogP contribution in [0, 0.1) is 10.1 Å². The molecule has 1 amide bonds. The van der Waals surface area contributed by atoms with Crippen LogP contribution < -0.4 is 9.64 Å². The minimum Gasteiger partial charge on any atom is -0.478 e. The summed E-state index contributed by atoms with van der Waals surface area (Å²) in [6.07, 6.45) is -0.756. The van der Waals surface area contributed by atoms with E-state index in [0.29, 0.717) is 5.56 Å². The highest BCUT2D eigenvalue weighted by molar-refractivity contribution is 5.98. The van der Waals surface area contributed by atoms with Crippen molar-refractivity contribution in [2.24, 2.45) is 0 Å². The van der Waals surface area contributed by atoms with Gasteiger partial charge in [0.25, 0.3) is 11.7 Å². The zero-order valence-corrected chi connectivity index (χ0v) is 13.1. The maximum absolute atomic E-state index is 12.4.